The Morgan fingerprint density at radius 2 is 2.21 bits per heavy atom. The average molecular weight is 414 g/mol. The SMILES string of the molecule is N#CCCn1cc(/C=N\N=C2/NC(=O)[C@H](CC(=O)O)S2)c(-c2ccc(F)cc2)n1. The van der Waals surface area contributed by atoms with Gasteiger partial charge in [0.05, 0.1) is 31.7 Å². The van der Waals surface area contributed by atoms with Crippen molar-refractivity contribution in [1.29, 1.82) is 5.26 Å². The predicted molar refractivity (Wildman–Crippen MR) is 105 cm³/mol. The first-order valence-corrected chi connectivity index (χ1v) is 9.35. The number of carbonyl (C=O) groups excluding carboxylic acids is 1. The number of aryl methyl sites for hydroxylation is 1. The van der Waals surface area contributed by atoms with Crippen molar-refractivity contribution in [2.75, 3.05) is 0 Å². The number of hydrogen-bond acceptors (Lipinski definition) is 7. The van der Waals surface area contributed by atoms with E-state index in [0.29, 0.717) is 23.4 Å². The van der Waals surface area contributed by atoms with Crippen molar-refractivity contribution < 1.29 is 19.1 Å². The molecule has 9 nitrogen and oxygen atoms in total. The van der Waals surface area contributed by atoms with Crippen LogP contribution in [0.5, 0.6) is 0 Å². The molecule has 1 fully saturated rings. The Morgan fingerprint density at radius 1 is 1.45 bits per heavy atom. The van der Waals surface area contributed by atoms with Crippen LogP contribution in [0, 0.1) is 17.1 Å². The van der Waals surface area contributed by atoms with Crippen LogP contribution in [0.25, 0.3) is 11.3 Å². The van der Waals surface area contributed by atoms with Crippen molar-refractivity contribution in [1.82, 2.24) is 15.1 Å². The second kappa shape index (κ2) is 9.11. The highest BCUT2D eigenvalue weighted by Crippen LogP contribution is 2.23. The van der Waals surface area contributed by atoms with E-state index in [1.54, 1.807) is 23.0 Å². The van der Waals surface area contributed by atoms with Crippen LogP contribution in [-0.2, 0) is 16.1 Å². The standard InChI is InChI=1S/C18H15FN6O3S/c19-13-4-2-11(3-5-13)16-12(10-25(24-16)7-1-6-20)9-21-23-18-22-17(28)14(29-18)8-15(26)27/h2-5,9-10,14H,1,7-8H2,(H,26,27)(H,22,23,28)/b21-9-/t14-/m0/s1. The molecule has 11 heteroatoms. The maximum atomic E-state index is 13.2. The lowest BCUT2D eigenvalue weighted by Crippen LogP contribution is -2.26. The average Bonchev–Trinajstić information content (AvgIpc) is 3.24. The molecule has 148 valence electrons. The minimum Gasteiger partial charge on any atom is -0.481 e. The summed E-state index contributed by atoms with van der Waals surface area (Å²) in [4.78, 5) is 22.5. The van der Waals surface area contributed by atoms with Gasteiger partial charge in [-0.2, -0.15) is 15.5 Å². The summed E-state index contributed by atoms with van der Waals surface area (Å²) in [5.74, 6) is -1.87. The van der Waals surface area contributed by atoms with E-state index in [4.69, 9.17) is 10.4 Å². The van der Waals surface area contributed by atoms with Crippen molar-refractivity contribution in [3.05, 3.63) is 41.8 Å². The number of carboxylic acids is 1. The zero-order chi connectivity index (χ0) is 20.8. The second-order valence-electron chi connectivity index (χ2n) is 5.95. The molecule has 0 spiro atoms. The smallest absolute Gasteiger partial charge is 0.305 e. The Morgan fingerprint density at radius 3 is 2.90 bits per heavy atom. The van der Waals surface area contributed by atoms with E-state index in [1.165, 1.54) is 18.3 Å². The van der Waals surface area contributed by atoms with E-state index in [-0.39, 0.29) is 23.8 Å². The number of aromatic nitrogens is 2. The van der Waals surface area contributed by atoms with Gasteiger partial charge in [0.2, 0.25) is 5.91 Å². The molecule has 1 aromatic heterocycles. The van der Waals surface area contributed by atoms with Gasteiger partial charge < -0.3 is 10.4 Å². The monoisotopic (exact) mass is 414 g/mol. The molecular formula is C18H15FN6O3S. The fourth-order valence-corrected chi connectivity index (χ4v) is 3.45. The third-order valence-corrected chi connectivity index (χ3v) is 4.91. The summed E-state index contributed by atoms with van der Waals surface area (Å²) in [6.45, 7) is 0.385. The molecule has 0 bridgehead atoms. The van der Waals surface area contributed by atoms with Gasteiger partial charge in [0, 0.05) is 17.3 Å². The van der Waals surface area contributed by atoms with E-state index in [9.17, 15) is 14.0 Å². The maximum Gasteiger partial charge on any atom is 0.305 e. The summed E-state index contributed by atoms with van der Waals surface area (Å²) >= 11 is 0.997. The molecule has 1 aliphatic heterocycles. The van der Waals surface area contributed by atoms with Crippen LogP contribution >= 0.6 is 11.8 Å². The van der Waals surface area contributed by atoms with Crippen LogP contribution in [0.2, 0.25) is 0 Å². The van der Waals surface area contributed by atoms with E-state index in [0.717, 1.165) is 11.8 Å². The molecule has 1 amide bonds. The zero-order valence-corrected chi connectivity index (χ0v) is 15.8. The van der Waals surface area contributed by atoms with Gasteiger partial charge in [-0.15, -0.1) is 5.10 Å². The summed E-state index contributed by atoms with van der Waals surface area (Å²) in [5, 5.41) is 31.8. The molecule has 0 unspecified atom stereocenters. The minimum atomic E-state index is -1.07. The molecule has 2 heterocycles. The number of carbonyl (C=O) groups is 2. The Bertz CT molecular complexity index is 1030. The number of nitrogens with zero attached hydrogens (tertiary/aromatic N) is 5. The highest BCUT2D eigenvalue weighted by atomic mass is 32.2. The van der Waals surface area contributed by atoms with Crippen LogP contribution in [0.15, 0.2) is 40.7 Å². The summed E-state index contributed by atoms with van der Waals surface area (Å²) in [6.07, 6.45) is 3.09. The van der Waals surface area contributed by atoms with Crippen LogP contribution in [0.4, 0.5) is 4.39 Å². The van der Waals surface area contributed by atoms with Crippen molar-refractivity contribution in [3.8, 4) is 17.3 Å². The number of rotatable bonds is 7. The molecule has 2 aromatic rings. The lowest BCUT2D eigenvalue weighted by molar-refractivity contribution is -0.138. The highest BCUT2D eigenvalue weighted by Gasteiger charge is 2.32. The number of aliphatic carboxylic acids is 1. The fourth-order valence-electron chi connectivity index (χ4n) is 2.53. The molecule has 0 radical (unpaired) electrons. The lowest BCUT2D eigenvalue weighted by Gasteiger charge is -1.98. The second-order valence-corrected chi connectivity index (χ2v) is 7.15. The summed E-state index contributed by atoms with van der Waals surface area (Å²) < 4.78 is 14.8. The Labute approximate surface area is 168 Å². The molecule has 3 rings (SSSR count). The van der Waals surface area contributed by atoms with Crippen LogP contribution in [0.1, 0.15) is 18.4 Å². The van der Waals surface area contributed by atoms with E-state index in [1.807, 2.05) is 6.07 Å². The maximum absolute atomic E-state index is 13.2. The quantitative estimate of drug-likeness (QED) is 0.526. The number of carboxylic acid groups (broad SMARTS) is 1. The molecule has 0 saturated carbocycles. The van der Waals surface area contributed by atoms with Gasteiger partial charge in [-0.25, -0.2) is 4.39 Å². The van der Waals surface area contributed by atoms with Gasteiger partial charge in [-0.3, -0.25) is 14.3 Å². The van der Waals surface area contributed by atoms with Gasteiger partial charge in [0.25, 0.3) is 0 Å². The van der Waals surface area contributed by atoms with Crippen molar-refractivity contribution >= 4 is 35.0 Å². The van der Waals surface area contributed by atoms with E-state index >= 15 is 0 Å². The van der Waals surface area contributed by atoms with E-state index < -0.39 is 17.1 Å². The molecular weight excluding hydrogens is 399 g/mol. The van der Waals surface area contributed by atoms with Crippen molar-refractivity contribution in [2.45, 2.75) is 24.6 Å². The predicted octanol–water partition coefficient (Wildman–Crippen LogP) is 2.00. The summed E-state index contributed by atoms with van der Waals surface area (Å²) in [6, 6.07) is 7.84. The first-order chi connectivity index (χ1) is 14.0. The number of nitrogens with one attached hydrogen (secondary N) is 1. The Balaban J connectivity index is 1.81. The first kappa shape index (κ1) is 20.2. The van der Waals surface area contributed by atoms with Crippen LogP contribution < -0.4 is 5.32 Å². The normalized spacial score (nSPS) is 17.6. The third-order valence-electron chi connectivity index (χ3n) is 3.84. The highest BCUT2D eigenvalue weighted by molar-refractivity contribution is 8.15. The number of nitriles is 1. The molecule has 2 N–H and O–H groups in total. The first-order valence-electron chi connectivity index (χ1n) is 8.47. The van der Waals surface area contributed by atoms with Gasteiger partial charge in [0.15, 0.2) is 5.17 Å². The van der Waals surface area contributed by atoms with Gasteiger partial charge in [-0.1, -0.05) is 11.8 Å². The number of thioether (sulfide) groups is 1. The summed E-state index contributed by atoms with van der Waals surface area (Å²) in [7, 11) is 0. The topological polar surface area (TPSA) is 133 Å². The lowest BCUT2D eigenvalue weighted by atomic mass is 10.1. The third kappa shape index (κ3) is 5.26. The van der Waals surface area contributed by atoms with Crippen LogP contribution in [-0.4, -0.2) is 43.4 Å². The number of halogens is 1. The fraction of sp³-hybridized carbons (Fsp3) is 0.222. The molecule has 1 aromatic carbocycles. The number of hydrogen-bond donors (Lipinski definition) is 2. The Hall–Kier alpha value is -3.52. The molecule has 1 saturated heterocycles. The summed E-state index contributed by atoms with van der Waals surface area (Å²) in [5.41, 5.74) is 1.80. The van der Waals surface area contributed by atoms with Gasteiger partial charge in [-0.05, 0) is 24.3 Å². The number of amides is 1. The van der Waals surface area contributed by atoms with Crippen molar-refractivity contribution in [3.63, 3.8) is 0 Å². The van der Waals surface area contributed by atoms with Crippen LogP contribution in [0.3, 0.4) is 0 Å². The largest absolute Gasteiger partial charge is 0.481 e. The molecule has 29 heavy (non-hydrogen) atoms. The van der Waals surface area contributed by atoms with Gasteiger partial charge in [0.1, 0.15) is 16.8 Å². The molecule has 0 aliphatic carbocycles. The van der Waals surface area contributed by atoms with Gasteiger partial charge >= 0.3 is 5.97 Å². The molecule has 1 aliphatic rings. The van der Waals surface area contributed by atoms with Crippen molar-refractivity contribution in [2.24, 2.45) is 10.2 Å². The van der Waals surface area contributed by atoms with E-state index in [2.05, 4.69) is 20.6 Å². The Kier molecular flexibility index (Phi) is 6.36. The zero-order valence-electron chi connectivity index (χ0n) is 14.9. The number of benzene rings is 1. The number of amidine groups is 1. The molecule has 1 atom stereocenters. The minimum absolute atomic E-state index is 0.206.